The van der Waals surface area contributed by atoms with E-state index in [2.05, 4.69) is 10.6 Å². The van der Waals surface area contributed by atoms with Crippen molar-refractivity contribution in [2.75, 3.05) is 30.8 Å². The lowest BCUT2D eigenvalue weighted by molar-refractivity contribution is -0.134. The summed E-state index contributed by atoms with van der Waals surface area (Å²) < 4.78 is 0. The molecule has 2 aliphatic rings. The van der Waals surface area contributed by atoms with Gasteiger partial charge in [0, 0.05) is 49.5 Å². The van der Waals surface area contributed by atoms with Gasteiger partial charge in [-0.2, -0.15) is 0 Å². The summed E-state index contributed by atoms with van der Waals surface area (Å²) in [5.41, 5.74) is 3.73. The van der Waals surface area contributed by atoms with Crippen molar-refractivity contribution in [1.82, 2.24) is 9.80 Å². The number of anilines is 2. The quantitative estimate of drug-likeness (QED) is 0.364. The van der Waals surface area contributed by atoms with Gasteiger partial charge in [0.15, 0.2) is 0 Å². The number of nitrogens with one attached hydrogen (secondary N) is 2. The monoisotopic (exact) mass is 566 g/mol. The molecule has 1 aliphatic carbocycles. The van der Waals surface area contributed by atoms with Crippen molar-refractivity contribution < 1.29 is 19.2 Å². The van der Waals surface area contributed by atoms with Crippen LogP contribution in [0.4, 0.5) is 11.4 Å². The SMILES string of the molecule is CN(C(=O)c1cccc(NC(=O)Cc2ccc(NC(=O)C3CCCN(C(=O)CCc4ccccc4)C3)cc2)c1)C1CC1. The van der Waals surface area contributed by atoms with Crippen LogP contribution in [0, 0.1) is 5.92 Å². The van der Waals surface area contributed by atoms with Gasteiger partial charge in [0.1, 0.15) is 0 Å². The van der Waals surface area contributed by atoms with E-state index in [0.717, 1.165) is 36.8 Å². The van der Waals surface area contributed by atoms with Gasteiger partial charge in [0.25, 0.3) is 5.91 Å². The molecular formula is C34H38N4O4. The molecule has 3 aromatic carbocycles. The molecule has 0 aromatic heterocycles. The first-order valence-electron chi connectivity index (χ1n) is 14.7. The molecule has 1 unspecified atom stereocenters. The molecule has 1 saturated carbocycles. The molecule has 8 heteroatoms. The van der Waals surface area contributed by atoms with Crippen LogP contribution < -0.4 is 10.6 Å². The van der Waals surface area contributed by atoms with E-state index in [1.54, 1.807) is 41.3 Å². The minimum absolute atomic E-state index is 0.0400. The lowest BCUT2D eigenvalue weighted by Gasteiger charge is -2.32. The molecule has 0 spiro atoms. The van der Waals surface area contributed by atoms with Gasteiger partial charge in [-0.25, -0.2) is 0 Å². The van der Waals surface area contributed by atoms with Crippen LogP contribution in [0.3, 0.4) is 0 Å². The highest BCUT2D eigenvalue weighted by Crippen LogP contribution is 2.27. The number of piperidine rings is 1. The molecule has 1 aliphatic heterocycles. The number of rotatable bonds is 10. The summed E-state index contributed by atoms with van der Waals surface area (Å²) in [4.78, 5) is 54.7. The Balaban J connectivity index is 1.08. The molecule has 42 heavy (non-hydrogen) atoms. The van der Waals surface area contributed by atoms with Crippen LogP contribution in [0.25, 0.3) is 0 Å². The van der Waals surface area contributed by atoms with E-state index < -0.39 is 0 Å². The summed E-state index contributed by atoms with van der Waals surface area (Å²) in [5.74, 6) is -0.490. The number of amides is 4. The minimum Gasteiger partial charge on any atom is -0.342 e. The summed E-state index contributed by atoms with van der Waals surface area (Å²) in [6, 6.07) is 24.5. The Morgan fingerprint density at radius 2 is 1.60 bits per heavy atom. The fourth-order valence-corrected chi connectivity index (χ4v) is 5.37. The number of hydrogen-bond donors (Lipinski definition) is 2. The Morgan fingerprint density at radius 3 is 2.33 bits per heavy atom. The topological polar surface area (TPSA) is 98.8 Å². The Morgan fingerprint density at radius 1 is 0.833 bits per heavy atom. The van der Waals surface area contributed by atoms with E-state index in [-0.39, 0.29) is 36.0 Å². The average molecular weight is 567 g/mol. The van der Waals surface area contributed by atoms with Crippen molar-refractivity contribution >= 4 is 35.0 Å². The van der Waals surface area contributed by atoms with E-state index in [1.807, 2.05) is 54.4 Å². The van der Waals surface area contributed by atoms with Gasteiger partial charge < -0.3 is 20.4 Å². The molecule has 5 rings (SSSR count). The van der Waals surface area contributed by atoms with Gasteiger partial charge in [-0.15, -0.1) is 0 Å². The van der Waals surface area contributed by atoms with Crippen LogP contribution in [0.1, 0.15) is 53.6 Å². The summed E-state index contributed by atoms with van der Waals surface area (Å²) >= 11 is 0. The number of hydrogen-bond acceptors (Lipinski definition) is 4. The largest absolute Gasteiger partial charge is 0.342 e. The standard InChI is InChI=1S/C34H38N4O4/c1-37(30-17-18-30)34(42)26-9-5-11-29(22-26)35-31(39)21-25-12-15-28(16-13-25)36-33(41)27-10-6-20-38(23-27)32(40)19-14-24-7-3-2-4-8-24/h2-5,7-9,11-13,15-16,22,27,30H,6,10,14,17-21,23H2,1H3,(H,35,39)(H,36,41). The fraction of sp³-hybridized carbons (Fsp3) is 0.353. The Kier molecular flexibility index (Phi) is 9.31. The maximum absolute atomic E-state index is 13.0. The zero-order chi connectivity index (χ0) is 29.5. The third kappa shape index (κ3) is 7.84. The number of nitrogens with zero attached hydrogens (tertiary/aromatic N) is 2. The second-order valence-electron chi connectivity index (χ2n) is 11.3. The molecule has 0 radical (unpaired) electrons. The predicted molar refractivity (Wildman–Crippen MR) is 163 cm³/mol. The van der Waals surface area contributed by atoms with Crippen LogP contribution >= 0.6 is 0 Å². The highest BCUT2D eigenvalue weighted by molar-refractivity contribution is 5.98. The second-order valence-corrected chi connectivity index (χ2v) is 11.3. The maximum Gasteiger partial charge on any atom is 0.253 e. The maximum atomic E-state index is 13.0. The third-order valence-corrected chi connectivity index (χ3v) is 8.01. The first-order valence-corrected chi connectivity index (χ1v) is 14.7. The fourth-order valence-electron chi connectivity index (χ4n) is 5.37. The highest BCUT2D eigenvalue weighted by atomic mass is 16.2. The molecule has 1 saturated heterocycles. The van der Waals surface area contributed by atoms with E-state index >= 15 is 0 Å². The van der Waals surface area contributed by atoms with Gasteiger partial charge in [-0.05, 0) is 73.6 Å². The van der Waals surface area contributed by atoms with Crippen LogP contribution in [-0.4, -0.2) is 59.6 Å². The van der Waals surface area contributed by atoms with Crippen LogP contribution in [0.15, 0.2) is 78.9 Å². The van der Waals surface area contributed by atoms with Crippen molar-refractivity contribution in [2.45, 2.75) is 51.0 Å². The molecule has 1 heterocycles. The van der Waals surface area contributed by atoms with Gasteiger partial charge in [0.05, 0.1) is 12.3 Å². The van der Waals surface area contributed by atoms with Crippen LogP contribution in [-0.2, 0) is 27.2 Å². The molecule has 2 N–H and O–H groups in total. The third-order valence-electron chi connectivity index (χ3n) is 8.01. The van der Waals surface area contributed by atoms with Gasteiger partial charge >= 0.3 is 0 Å². The van der Waals surface area contributed by atoms with E-state index in [9.17, 15) is 19.2 Å². The van der Waals surface area contributed by atoms with E-state index in [1.165, 1.54) is 0 Å². The molecule has 1 atom stereocenters. The number of carbonyl (C=O) groups excluding carboxylic acids is 4. The molecule has 3 aromatic rings. The van der Waals surface area contributed by atoms with Crippen molar-refractivity contribution in [3.8, 4) is 0 Å². The molecule has 8 nitrogen and oxygen atoms in total. The average Bonchev–Trinajstić information content (AvgIpc) is 3.86. The van der Waals surface area contributed by atoms with Crippen LogP contribution in [0.5, 0.6) is 0 Å². The van der Waals surface area contributed by atoms with E-state index in [4.69, 9.17) is 0 Å². The van der Waals surface area contributed by atoms with Crippen molar-refractivity contribution in [3.63, 3.8) is 0 Å². The van der Waals surface area contributed by atoms with E-state index in [0.29, 0.717) is 48.9 Å². The molecule has 0 bridgehead atoms. The highest BCUT2D eigenvalue weighted by Gasteiger charge is 2.30. The van der Waals surface area contributed by atoms with Crippen molar-refractivity contribution in [2.24, 2.45) is 5.92 Å². The molecule has 2 fully saturated rings. The summed E-state index contributed by atoms with van der Waals surface area (Å²) in [6.45, 7) is 1.12. The molecule has 218 valence electrons. The smallest absolute Gasteiger partial charge is 0.253 e. The second kappa shape index (κ2) is 13.5. The van der Waals surface area contributed by atoms with Gasteiger partial charge in [0.2, 0.25) is 17.7 Å². The zero-order valence-corrected chi connectivity index (χ0v) is 24.1. The van der Waals surface area contributed by atoms with Crippen LogP contribution in [0.2, 0.25) is 0 Å². The van der Waals surface area contributed by atoms with Crippen molar-refractivity contribution in [1.29, 1.82) is 0 Å². The number of carbonyl (C=O) groups is 4. The Bertz CT molecular complexity index is 1420. The predicted octanol–water partition coefficient (Wildman–Crippen LogP) is 4.91. The van der Waals surface area contributed by atoms with Gasteiger partial charge in [-0.1, -0.05) is 48.5 Å². The van der Waals surface area contributed by atoms with Crippen molar-refractivity contribution in [3.05, 3.63) is 95.6 Å². The Hall–Kier alpha value is -4.46. The Labute approximate surface area is 247 Å². The summed E-state index contributed by atoms with van der Waals surface area (Å²) in [5, 5.41) is 5.85. The molecule has 4 amide bonds. The number of likely N-dealkylation sites (tertiary alicyclic amines) is 1. The molecular weight excluding hydrogens is 528 g/mol. The number of benzene rings is 3. The lowest BCUT2D eigenvalue weighted by atomic mass is 9.96. The zero-order valence-electron chi connectivity index (χ0n) is 24.1. The normalized spacial score (nSPS) is 16.4. The number of aryl methyl sites for hydroxylation is 1. The summed E-state index contributed by atoms with van der Waals surface area (Å²) in [6.07, 6.45) is 4.93. The first-order chi connectivity index (χ1) is 20.4. The lowest BCUT2D eigenvalue weighted by Crippen LogP contribution is -2.43. The van der Waals surface area contributed by atoms with Gasteiger partial charge in [-0.3, -0.25) is 19.2 Å². The summed E-state index contributed by atoms with van der Waals surface area (Å²) in [7, 11) is 1.82. The first kappa shape index (κ1) is 29.0. The minimum atomic E-state index is -0.253.